The van der Waals surface area contributed by atoms with Gasteiger partial charge in [0.05, 0.1) is 18.7 Å². The second-order valence-electron chi connectivity index (χ2n) is 6.91. The zero-order valence-electron chi connectivity index (χ0n) is 16.3. The van der Waals surface area contributed by atoms with E-state index in [4.69, 9.17) is 4.74 Å². The average Bonchev–Trinajstić information content (AvgIpc) is 2.88. The quantitative estimate of drug-likeness (QED) is 0.781. The van der Waals surface area contributed by atoms with Gasteiger partial charge in [-0.15, -0.1) is 11.3 Å². The molecule has 0 unspecified atom stereocenters. The zero-order valence-corrected chi connectivity index (χ0v) is 17.2. The Labute approximate surface area is 164 Å². The van der Waals surface area contributed by atoms with Gasteiger partial charge < -0.3 is 15.0 Å². The molecule has 1 amide bonds. The smallest absolute Gasteiger partial charge is 0.341 e. The Morgan fingerprint density at radius 3 is 2.78 bits per heavy atom. The maximum absolute atomic E-state index is 12.7. The van der Waals surface area contributed by atoms with Crippen molar-refractivity contribution in [1.29, 1.82) is 0 Å². The van der Waals surface area contributed by atoms with Gasteiger partial charge in [0.1, 0.15) is 5.00 Å². The first-order valence-corrected chi connectivity index (χ1v) is 10.1. The SMILES string of the molecule is CCOC(=O)c1c(NC(=O)CN2CCCc3cc(C)ccc32)sc(C)c1C. The lowest BCUT2D eigenvalue weighted by Crippen LogP contribution is -2.36. The van der Waals surface area contributed by atoms with Crippen molar-refractivity contribution in [2.24, 2.45) is 0 Å². The normalized spacial score (nSPS) is 13.3. The highest BCUT2D eigenvalue weighted by Gasteiger charge is 2.24. The molecule has 5 nitrogen and oxygen atoms in total. The van der Waals surface area contributed by atoms with Gasteiger partial charge in [-0.3, -0.25) is 4.79 Å². The van der Waals surface area contributed by atoms with Crippen LogP contribution in [0.3, 0.4) is 0 Å². The van der Waals surface area contributed by atoms with Gasteiger partial charge in [0.15, 0.2) is 0 Å². The molecule has 1 aliphatic heterocycles. The first-order chi connectivity index (χ1) is 12.9. The number of rotatable bonds is 5. The highest BCUT2D eigenvalue weighted by molar-refractivity contribution is 7.16. The Kier molecular flexibility index (Phi) is 5.85. The van der Waals surface area contributed by atoms with Crippen LogP contribution < -0.4 is 10.2 Å². The van der Waals surface area contributed by atoms with Crippen LogP contribution in [0.25, 0.3) is 0 Å². The topological polar surface area (TPSA) is 58.6 Å². The molecule has 0 fully saturated rings. The van der Waals surface area contributed by atoms with Gasteiger partial charge in [0, 0.05) is 17.1 Å². The van der Waals surface area contributed by atoms with Gasteiger partial charge in [0.25, 0.3) is 0 Å². The second-order valence-corrected chi connectivity index (χ2v) is 8.14. The molecular weight excluding hydrogens is 360 g/mol. The van der Waals surface area contributed by atoms with Gasteiger partial charge in [0.2, 0.25) is 5.91 Å². The zero-order chi connectivity index (χ0) is 19.6. The van der Waals surface area contributed by atoms with E-state index in [0.717, 1.165) is 35.5 Å². The van der Waals surface area contributed by atoms with E-state index in [2.05, 4.69) is 35.3 Å². The summed E-state index contributed by atoms with van der Waals surface area (Å²) in [5.41, 5.74) is 5.01. The largest absolute Gasteiger partial charge is 0.462 e. The van der Waals surface area contributed by atoms with E-state index in [1.165, 1.54) is 22.5 Å². The van der Waals surface area contributed by atoms with E-state index in [1.54, 1.807) is 6.92 Å². The summed E-state index contributed by atoms with van der Waals surface area (Å²) in [6.07, 6.45) is 2.08. The standard InChI is InChI=1S/C21H26N2O3S/c1-5-26-21(25)19-14(3)15(4)27-20(19)22-18(24)12-23-10-6-7-16-11-13(2)8-9-17(16)23/h8-9,11H,5-7,10,12H2,1-4H3,(H,22,24). The molecule has 1 aromatic heterocycles. The van der Waals surface area contributed by atoms with Gasteiger partial charge in [-0.05, 0) is 57.7 Å². The Bertz CT molecular complexity index is 873. The fourth-order valence-electron chi connectivity index (χ4n) is 3.47. The number of ether oxygens (including phenoxy) is 1. The summed E-state index contributed by atoms with van der Waals surface area (Å²) in [7, 11) is 0. The number of nitrogens with one attached hydrogen (secondary N) is 1. The van der Waals surface area contributed by atoms with Crippen molar-refractivity contribution in [2.75, 3.05) is 29.9 Å². The number of thiophene rings is 1. The van der Waals surface area contributed by atoms with E-state index >= 15 is 0 Å². The van der Waals surface area contributed by atoms with Gasteiger partial charge in [-0.2, -0.15) is 0 Å². The third-order valence-corrected chi connectivity index (χ3v) is 6.02. The molecule has 0 radical (unpaired) electrons. The maximum atomic E-state index is 12.7. The number of carbonyl (C=O) groups excluding carboxylic acids is 2. The molecule has 0 saturated carbocycles. The highest BCUT2D eigenvalue weighted by Crippen LogP contribution is 2.33. The average molecular weight is 387 g/mol. The predicted molar refractivity (Wildman–Crippen MR) is 110 cm³/mol. The van der Waals surface area contributed by atoms with Crippen LogP contribution in [0.4, 0.5) is 10.7 Å². The summed E-state index contributed by atoms with van der Waals surface area (Å²) < 4.78 is 5.16. The molecule has 3 rings (SSSR count). The van der Waals surface area contributed by atoms with Crippen molar-refractivity contribution < 1.29 is 14.3 Å². The van der Waals surface area contributed by atoms with Gasteiger partial charge in [-0.1, -0.05) is 17.7 Å². The minimum atomic E-state index is -0.381. The predicted octanol–water partition coefficient (Wildman–Crippen LogP) is 4.24. The number of aryl methyl sites for hydroxylation is 3. The summed E-state index contributed by atoms with van der Waals surface area (Å²) in [5, 5.41) is 3.52. The minimum absolute atomic E-state index is 0.116. The van der Waals surface area contributed by atoms with Gasteiger partial charge >= 0.3 is 5.97 Å². The van der Waals surface area contributed by atoms with E-state index in [9.17, 15) is 9.59 Å². The molecule has 0 bridgehead atoms. The van der Waals surface area contributed by atoms with Crippen molar-refractivity contribution in [2.45, 2.75) is 40.5 Å². The second kappa shape index (κ2) is 8.13. The molecular formula is C21H26N2O3S. The molecule has 0 saturated heterocycles. The van der Waals surface area contributed by atoms with E-state index < -0.39 is 0 Å². The molecule has 27 heavy (non-hydrogen) atoms. The van der Waals surface area contributed by atoms with Crippen LogP contribution >= 0.6 is 11.3 Å². The van der Waals surface area contributed by atoms with Crippen molar-refractivity contribution in [3.8, 4) is 0 Å². The molecule has 1 aliphatic rings. The summed E-state index contributed by atoms with van der Waals surface area (Å²) in [6, 6.07) is 6.38. The Morgan fingerprint density at radius 1 is 1.26 bits per heavy atom. The Morgan fingerprint density at radius 2 is 2.04 bits per heavy atom. The number of anilines is 2. The number of carbonyl (C=O) groups is 2. The van der Waals surface area contributed by atoms with Crippen molar-refractivity contribution >= 4 is 33.9 Å². The van der Waals surface area contributed by atoms with Crippen LogP contribution in [0.15, 0.2) is 18.2 Å². The summed E-state index contributed by atoms with van der Waals surface area (Å²) in [4.78, 5) is 28.1. The lowest BCUT2D eigenvalue weighted by Gasteiger charge is -2.31. The molecule has 2 aromatic rings. The summed E-state index contributed by atoms with van der Waals surface area (Å²) in [5.74, 6) is -0.497. The number of fused-ring (bicyclic) bond motifs is 1. The molecule has 1 N–H and O–H groups in total. The first-order valence-electron chi connectivity index (χ1n) is 9.32. The highest BCUT2D eigenvalue weighted by atomic mass is 32.1. The summed E-state index contributed by atoms with van der Waals surface area (Å²) in [6.45, 7) is 9.14. The molecule has 0 aliphatic carbocycles. The first kappa shape index (κ1) is 19.4. The Balaban J connectivity index is 1.76. The number of esters is 1. The lowest BCUT2D eigenvalue weighted by molar-refractivity contribution is -0.115. The van der Waals surface area contributed by atoms with Crippen LogP contribution in [-0.2, 0) is 16.0 Å². The molecule has 2 heterocycles. The Hall–Kier alpha value is -2.34. The fourth-order valence-corrected chi connectivity index (χ4v) is 4.54. The molecule has 0 spiro atoms. The monoisotopic (exact) mass is 386 g/mol. The fraction of sp³-hybridized carbons (Fsp3) is 0.429. The lowest BCUT2D eigenvalue weighted by atomic mass is 9.99. The minimum Gasteiger partial charge on any atom is -0.462 e. The molecule has 0 atom stereocenters. The van der Waals surface area contributed by atoms with E-state index in [-0.39, 0.29) is 18.4 Å². The number of nitrogens with zero attached hydrogens (tertiary/aromatic N) is 1. The third-order valence-electron chi connectivity index (χ3n) is 4.90. The maximum Gasteiger partial charge on any atom is 0.341 e. The van der Waals surface area contributed by atoms with Crippen LogP contribution in [0.1, 0.15) is 45.3 Å². The number of benzene rings is 1. The van der Waals surface area contributed by atoms with Crippen molar-refractivity contribution in [3.63, 3.8) is 0 Å². The molecule has 6 heteroatoms. The van der Waals surface area contributed by atoms with Crippen LogP contribution in [-0.4, -0.2) is 31.6 Å². The molecule has 144 valence electrons. The number of amides is 1. The van der Waals surface area contributed by atoms with Crippen LogP contribution in [0.5, 0.6) is 0 Å². The van der Waals surface area contributed by atoms with E-state index in [1.807, 2.05) is 13.8 Å². The molecule has 1 aromatic carbocycles. The number of hydrogen-bond donors (Lipinski definition) is 1. The van der Waals surface area contributed by atoms with Crippen molar-refractivity contribution in [1.82, 2.24) is 0 Å². The van der Waals surface area contributed by atoms with Crippen molar-refractivity contribution in [3.05, 3.63) is 45.3 Å². The third kappa shape index (κ3) is 4.16. The van der Waals surface area contributed by atoms with Crippen LogP contribution in [0, 0.1) is 20.8 Å². The van der Waals surface area contributed by atoms with Gasteiger partial charge in [-0.25, -0.2) is 4.79 Å². The number of hydrogen-bond acceptors (Lipinski definition) is 5. The summed E-state index contributed by atoms with van der Waals surface area (Å²) >= 11 is 1.42. The van der Waals surface area contributed by atoms with Crippen LogP contribution in [0.2, 0.25) is 0 Å². The van der Waals surface area contributed by atoms with E-state index in [0.29, 0.717) is 17.2 Å².